The number of halogens is 1. The molecule has 6 heteroatoms. The summed E-state index contributed by atoms with van der Waals surface area (Å²) in [5.74, 6) is -0.554. The normalized spacial score (nSPS) is 16.7. The molecule has 0 aliphatic carbocycles. The molecule has 0 fully saturated rings. The van der Waals surface area contributed by atoms with E-state index in [9.17, 15) is 9.59 Å². The molecule has 1 heterocycles. The summed E-state index contributed by atoms with van der Waals surface area (Å²) in [6.45, 7) is 1.82. The molecule has 3 rings (SSSR count). The van der Waals surface area contributed by atoms with Crippen molar-refractivity contribution in [2.75, 3.05) is 5.32 Å². The number of hydrogen-bond acceptors (Lipinski definition) is 3. The van der Waals surface area contributed by atoms with Gasteiger partial charge in [0.25, 0.3) is 11.8 Å². The zero-order chi connectivity index (χ0) is 15.7. The van der Waals surface area contributed by atoms with Crippen molar-refractivity contribution in [1.29, 1.82) is 0 Å². The average Bonchev–Trinajstić information content (AvgIpc) is 2.52. The van der Waals surface area contributed by atoms with Crippen molar-refractivity contribution in [3.05, 3.63) is 64.1 Å². The van der Waals surface area contributed by atoms with Gasteiger partial charge in [-0.05, 0) is 43.3 Å². The van der Waals surface area contributed by atoms with E-state index < -0.39 is 0 Å². The number of anilines is 1. The second-order valence-corrected chi connectivity index (χ2v) is 5.90. The van der Waals surface area contributed by atoms with E-state index in [1.807, 2.05) is 19.1 Å². The van der Waals surface area contributed by atoms with Gasteiger partial charge in [0.15, 0.2) is 0 Å². The number of nitrogens with one attached hydrogen (secondary N) is 2. The molecule has 1 aliphatic rings. The molecule has 0 bridgehead atoms. The zero-order valence-electron chi connectivity index (χ0n) is 11.8. The molecule has 0 aromatic heterocycles. The van der Waals surface area contributed by atoms with Crippen LogP contribution in [0.3, 0.4) is 0 Å². The number of rotatable bonds is 2. The van der Waals surface area contributed by atoms with E-state index in [1.165, 1.54) is 5.01 Å². The molecule has 2 aromatic carbocycles. The number of hydrazine groups is 1. The first-order chi connectivity index (χ1) is 10.6. The Morgan fingerprint density at radius 3 is 2.59 bits per heavy atom. The third-order valence-electron chi connectivity index (χ3n) is 3.46. The summed E-state index contributed by atoms with van der Waals surface area (Å²) >= 11 is 3.32. The highest BCUT2D eigenvalue weighted by molar-refractivity contribution is 9.10. The number of para-hydroxylation sites is 1. The van der Waals surface area contributed by atoms with Gasteiger partial charge in [-0.25, -0.2) is 5.01 Å². The quantitative estimate of drug-likeness (QED) is 0.866. The number of benzene rings is 2. The van der Waals surface area contributed by atoms with Gasteiger partial charge in [-0.2, -0.15) is 0 Å². The fourth-order valence-electron chi connectivity index (χ4n) is 2.31. The Bertz CT molecular complexity index is 730. The topological polar surface area (TPSA) is 61.4 Å². The van der Waals surface area contributed by atoms with Crippen LogP contribution in [0.5, 0.6) is 0 Å². The summed E-state index contributed by atoms with van der Waals surface area (Å²) in [6, 6.07) is 14.2. The SMILES string of the molecule is C[C@H]1Nc2ccccc2C(=O)N1NC(=O)c1ccc(Br)cc1. The summed E-state index contributed by atoms with van der Waals surface area (Å²) < 4.78 is 0.891. The molecular formula is C16H14BrN3O2. The van der Waals surface area contributed by atoms with Gasteiger partial charge in [0, 0.05) is 15.7 Å². The van der Waals surface area contributed by atoms with Gasteiger partial charge in [0.1, 0.15) is 6.17 Å². The molecule has 2 amide bonds. The fraction of sp³-hybridized carbons (Fsp3) is 0.125. The van der Waals surface area contributed by atoms with Gasteiger partial charge in [-0.1, -0.05) is 28.1 Å². The highest BCUT2D eigenvalue weighted by Gasteiger charge is 2.30. The van der Waals surface area contributed by atoms with Crippen molar-refractivity contribution in [3.63, 3.8) is 0 Å². The van der Waals surface area contributed by atoms with Gasteiger partial charge in [0.05, 0.1) is 5.56 Å². The van der Waals surface area contributed by atoms with E-state index in [1.54, 1.807) is 36.4 Å². The largest absolute Gasteiger partial charge is 0.363 e. The van der Waals surface area contributed by atoms with Crippen molar-refractivity contribution in [3.8, 4) is 0 Å². The van der Waals surface area contributed by atoms with Crippen molar-refractivity contribution in [2.24, 2.45) is 0 Å². The third kappa shape index (κ3) is 2.69. The van der Waals surface area contributed by atoms with Crippen LogP contribution in [-0.4, -0.2) is 23.0 Å². The van der Waals surface area contributed by atoms with Crippen molar-refractivity contribution < 1.29 is 9.59 Å². The van der Waals surface area contributed by atoms with E-state index in [2.05, 4.69) is 26.7 Å². The Kier molecular flexibility index (Phi) is 3.85. The summed E-state index contributed by atoms with van der Waals surface area (Å²) in [7, 11) is 0. The lowest BCUT2D eigenvalue weighted by Crippen LogP contribution is -2.56. The minimum absolute atomic E-state index is 0.229. The molecule has 0 saturated carbocycles. The molecule has 5 nitrogen and oxygen atoms in total. The van der Waals surface area contributed by atoms with Crippen molar-refractivity contribution >= 4 is 33.4 Å². The monoisotopic (exact) mass is 359 g/mol. The Labute approximate surface area is 136 Å². The predicted molar refractivity (Wildman–Crippen MR) is 87.3 cm³/mol. The average molecular weight is 360 g/mol. The maximum Gasteiger partial charge on any atom is 0.276 e. The number of hydrogen-bond donors (Lipinski definition) is 2. The van der Waals surface area contributed by atoms with Crippen LogP contribution in [0.1, 0.15) is 27.6 Å². The summed E-state index contributed by atoms with van der Waals surface area (Å²) in [5.41, 5.74) is 4.46. The van der Waals surface area contributed by atoms with Gasteiger partial charge < -0.3 is 5.32 Å². The molecule has 0 unspecified atom stereocenters. The first-order valence-corrected chi connectivity index (χ1v) is 7.61. The van der Waals surface area contributed by atoms with E-state index in [-0.39, 0.29) is 18.0 Å². The molecule has 0 radical (unpaired) electrons. The number of amides is 2. The van der Waals surface area contributed by atoms with Crippen molar-refractivity contribution in [2.45, 2.75) is 13.1 Å². The third-order valence-corrected chi connectivity index (χ3v) is 3.99. The second-order valence-electron chi connectivity index (χ2n) is 4.99. The zero-order valence-corrected chi connectivity index (χ0v) is 13.4. The number of carbonyl (C=O) groups excluding carboxylic acids is 2. The van der Waals surface area contributed by atoms with Crippen LogP contribution in [0, 0.1) is 0 Å². The molecule has 0 saturated heterocycles. The molecular weight excluding hydrogens is 346 g/mol. The van der Waals surface area contributed by atoms with E-state index in [0.29, 0.717) is 11.1 Å². The lowest BCUT2D eigenvalue weighted by molar-refractivity contribution is 0.0510. The standard InChI is InChI=1S/C16H14BrN3O2/c1-10-18-14-5-3-2-4-13(14)16(22)20(10)19-15(21)11-6-8-12(17)9-7-11/h2-10,18H,1H3,(H,19,21)/t10-/m0/s1. The highest BCUT2D eigenvalue weighted by Crippen LogP contribution is 2.23. The maximum atomic E-state index is 12.5. The lowest BCUT2D eigenvalue weighted by atomic mass is 10.1. The summed E-state index contributed by atoms with van der Waals surface area (Å²) in [5, 5.41) is 4.50. The molecule has 1 aliphatic heterocycles. The number of fused-ring (bicyclic) bond motifs is 1. The minimum atomic E-state index is -0.332. The number of nitrogens with zero attached hydrogens (tertiary/aromatic N) is 1. The van der Waals surface area contributed by atoms with E-state index in [4.69, 9.17) is 0 Å². The van der Waals surface area contributed by atoms with E-state index in [0.717, 1.165) is 10.2 Å². The fourth-order valence-corrected chi connectivity index (χ4v) is 2.58. The molecule has 0 spiro atoms. The predicted octanol–water partition coefficient (Wildman–Crippen LogP) is 3.01. The van der Waals surface area contributed by atoms with Gasteiger partial charge in [0.2, 0.25) is 0 Å². The van der Waals surface area contributed by atoms with Crippen LogP contribution < -0.4 is 10.7 Å². The minimum Gasteiger partial charge on any atom is -0.363 e. The van der Waals surface area contributed by atoms with Crippen LogP contribution in [-0.2, 0) is 0 Å². The Balaban J connectivity index is 1.82. The first-order valence-electron chi connectivity index (χ1n) is 6.82. The Morgan fingerprint density at radius 2 is 1.86 bits per heavy atom. The number of carbonyl (C=O) groups is 2. The van der Waals surface area contributed by atoms with Crippen LogP contribution in [0.2, 0.25) is 0 Å². The second kappa shape index (κ2) is 5.81. The molecule has 2 N–H and O–H groups in total. The Morgan fingerprint density at radius 1 is 1.18 bits per heavy atom. The molecule has 1 atom stereocenters. The molecule has 2 aromatic rings. The molecule has 112 valence electrons. The van der Waals surface area contributed by atoms with E-state index >= 15 is 0 Å². The highest BCUT2D eigenvalue weighted by atomic mass is 79.9. The van der Waals surface area contributed by atoms with Crippen molar-refractivity contribution in [1.82, 2.24) is 10.4 Å². The van der Waals surface area contributed by atoms with Crippen LogP contribution in [0.4, 0.5) is 5.69 Å². The smallest absolute Gasteiger partial charge is 0.276 e. The van der Waals surface area contributed by atoms with Gasteiger partial charge >= 0.3 is 0 Å². The van der Waals surface area contributed by atoms with Crippen LogP contribution >= 0.6 is 15.9 Å². The summed E-state index contributed by atoms with van der Waals surface area (Å²) in [4.78, 5) is 24.8. The lowest BCUT2D eigenvalue weighted by Gasteiger charge is -2.35. The van der Waals surface area contributed by atoms with Crippen LogP contribution in [0.15, 0.2) is 53.0 Å². The Hall–Kier alpha value is -2.34. The van der Waals surface area contributed by atoms with Gasteiger partial charge in [-0.15, -0.1) is 0 Å². The maximum absolute atomic E-state index is 12.5. The van der Waals surface area contributed by atoms with Crippen LogP contribution in [0.25, 0.3) is 0 Å². The molecule has 22 heavy (non-hydrogen) atoms. The summed E-state index contributed by atoms with van der Waals surface area (Å²) in [6.07, 6.45) is -0.332. The first kappa shape index (κ1) is 14.6. The van der Waals surface area contributed by atoms with Gasteiger partial charge in [-0.3, -0.25) is 15.0 Å².